The highest BCUT2D eigenvalue weighted by molar-refractivity contribution is 14.0. The largest absolute Gasteiger partial charge is 0.469 e. The summed E-state index contributed by atoms with van der Waals surface area (Å²) >= 11 is 0. The zero-order valence-corrected chi connectivity index (χ0v) is 15.8. The molecule has 0 fully saturated rings. The molecule has 128 valence electrons. The van der Waals surface area contributed by atoms with E-state index in [0.29, 0.717) is 0 Å². The van der Waals surface area contributed by atoms with Crippen LogP contribution >= 0.6 is 24.0 Å². The molecule has 7 nitrogen and oxygen atoms in total. The molecule has 0 aliphatic rings. The predicted molar refractivity (Wildman–Crippen MR) is 104 cm³/mol. The van der Waals surface area contributed by atoms with E-state index in [1.54, 1.807) is 13.3 Å². The van der Waals surface area contributed by atoms with Crippen molar-refractivity contribution >= 4 is 35.6 Å². The molecular weight excluding hydrogens is 419 g/mol. The molecule has 0 bridgehead atoms. The van der Waals surface area contributed by atoms with Crippen LogP contribution in [0.5, 0.6) is 0 Å². The van der Waals surface area contributed by atoms with Crippen LogP contribution in [0.3, 0.4) is 0 Å². The molecule has 0 aliphatic carbocycles. The number of halogens is 1. The van der Waals surface area contributed by atoms with E-state index in [4.69, 9.17) is 4.42 Å². The van der Waals surface area contributed by atoms with Crippen LogP contribution in [0.4, 0.5) is 0 Å². The normalized spacial score (nSPS) is 11.3. The molecule has 0 amide bonds. The van der Waals surface area contributed by atoms with E-state index in [9.17, 15) is 0 Å². The lowest BCUT2D eigenvalue weighted by Gasteiger charge is -2.10. The Morgan fingerprint density at radius 3 is 2.71 bits per heavy atom. The Bertz CT molecular complexity index is 768. The topological polar surface area (TPSA) is 79.8 Å². The first kappa shape index (κ1) is 18.2. The van der Waals surface area contributed by atoms with Crippen molar-refractivity contribution in [2.24, 2.45) is 4.99 Å². The van der Waals surface area contributed by atoms with Crippen molar-refractivity contribution in [3.05, 3.63) is 54.4 Å². The number of rotatable bonds is 6. The third-order valence-corrected chi connectivity index (χ3v) is 3.49. The first-order valence-corrected chi connectivity index (χ1v) is 7.62. The third-order valence-electron chi connectivity index (χ3n) is 3.49. The van der Waals surface area contributed by atoms with Gasteiger partial charge in [-0.1, -0.05) is 6.07 Å². The SMILES string of the molecule is CN=C(NCCc1ccco1)NCCc1nnc2ccccn12.I. The zero-order chi connectivity index (χ0) is 15.9. The number of hydrogen-bond acceptors (Lipinski definition) is 4. The molecule has 0 atom stereocenters. The molecule has 0 saturated heterocycles. The predicted octanol–water partition coefficient (Wildman–Crippen LogP) is 1.89. The molecule has 0 saturated carbocycles. The molecule has 0 radical (unpaired) electrons. The van der Waals surface area contributed by atoms with Gasteiger partial charge in [-0.25, -0.2) is 0 Å². The quantitative estimate of drug-likeness (QED) is 0.348. The number of fused-ring (bicyclic) bond motifs is 1. The Morgan fingerprint density at radius 1 is 1.12 bits per heavy atom. The van der Waals surface area contributed by atoms with E-state index in [-0.39, 0.29) is 24.0 Å². The van der Waals surface area contributed by atoms with Gasteiger partial charge in [-0.15, -0.1) is 34.2 Å². The molecule has 0 spiro atoms. The Labute approximate surface area is 157 Å². The van der Waals surface area contributed by atoms with E-state index < -0.39 is 0 Å². The second-order valence-corrected chi connectivity index (χ2v) is 5.05. The first-order valence-electron chi connectivity index (χ1n) is 7.62. The van der Waals surface area contributed by atoms with Gasteiger partial charge in [0.15, 0.2) is 11.6 Å². The van der Waals surface area contributed by atoms with E-state index in [1.807, 2.05) is 40.9 Å². The van der Waals surface area contributed by atoms with Crippen molar-refractivity contribution in [1.82, 2.24) is 25.2 Å². The molecule has 3 heterocycles. The highest BCUT2D eigenvalue weighted by Crippen LogP contribution is 2.03. The summed E-state index contributed by atoms with van der Waals surface area (Å²) in [5, 5.41) is 14.9. The maximum absolute atomic E-state index is 5.30. The van der Waals surface area contributed by atoms with Crippen molar-refractivity contribution in [1.29, 1.82) is 0 Å². The van der Waals surface area contributed by atoms with Gasteiger partial charge in [0.05, 0.1) is 6.26 Å². The number of furan rings is 1. The van der Waals surface area contributed by atoms with Crippen LogP contribution in [-0.4, -0.2) is 40.7 Å². The number of hydrogen-bond donors (Lipinski definition) is 2. The molecule has 0 unspecified atom stereocenters. The summed E-state index contributed by atoms with van der Waals surface area (Å²) in [7, 11) is 1.76. The van der Waals surface area contributed by atoms with Crippen LogP contribution in [-0.2, 0) is 12.8 Å². The fourth-order valence-electron chi connectivity index (χ4n) is 2.33. The summed E-state index contributed by atoms with van der Waals surface area (Å²) in [5.74, 6) is 2.66. The van der Waals surface area contributed by atoms with Gasteiger partial charge < -0.3 is 15.1 Å². The highest BCUT2D eigenvalue weighted by Gasteiger charge is 2.05. The number of guanidine groups is 1. The number of aliphatic imine (C=N–C) groups is 1. The average Bonchev–Trinajstić information content (AvgIpc) is 3.23. The lowest BCUT2D eigenvalue weighted by molar-refractivity contribution is 0.507. The molecule has 24 heavy (non-hydrogen) atoms. The summed E-state index contributed by atoms with van der Waals surface area (Å²) in [6, 6.07) is 9.73. The monoisotopic (exact) mass is 440 g/mol. The lowest BCUT2D eigenvalue weighted by Crippen LogP contribution is -2.39. The number of aromatic nitrogens is 3. The molecule has 2 N–H and O–H groups in total. The van der Waals surface area contributed by atoms with Crippen LogP contribution in [0, 0.1) is 0 Å². The van der Waals surface area contributed by atoms with E-state index in [2.05, 4.69) is 25.8 Å². The smallest absolute Gasteiger partial charge is 0.191 e. The van der Waals surface area contributed by atoms with Crippen molar-refractivity contribution in [2.75, 3.05) is 20.1 Å². The zero-order valence-electron chi connectivity index (χ0n) is 13.5. The summed E-state index contributed by atoms with van der Waals surface area (Å²) in [5.41, 5.74) is 0.864. The maximum atomic E-state index is 5.30. The van der Waals surface area contributed by atoms with Gasteiger partial charge in [0.1, 0.15) is 11.6 Å². The Kier molecular flexibility index (Phi) is 7.04. The summed E-state index contributed by atoms with van der Waals surface area (Å²) in [6.07, 6.45) is 5.25. The minimum Gasteiger partial charge on any atom is -0.469 e. The Hall–Kier alpha value is -2.10. The third kappa shape index (κ3) is 4.70. The minimum absolute atomic E-state index is 0. The molecule has 8 heteroatoms. The van der Waals surface area contributed by atoms with Crippen molar-refractivity contribution < 1.29 is 4.42 Å². The van der Waals surface area contributed by atoms with Gasteiger partial charge >= 0.3 is 0 Å². The summed E-state index contributed by atoms with van der Waals surface area (Å²) < 4.78 is 7.30. The van der Waals surface area contributed by atoms with Crippen molar-refractivity contribution in [3.8, 4) is 0 Å². The summed E-state index contributed by atoms with van der Waals surface area (Å²) in [6.45, 7) is 1.50. The van der Waals surface area contributed by atoms with Crippen LogP contribution < -0.4 is 10.6 Å². The maximum Gasteiger partial charge on any atom is 0.191 e. The van der Waals surface area contributed by atoms with Gasteiger partial charge in [0.2, 0.25) is 0 Å². The molecule has 3 aromatic heterocycles. The van der Waals surface area contributed by atoms with Crippen LogP contribution in [0.15, 0.2) is 52.2 Å². The summed E-state index contributed by atoms with van der Waals surface area (Å²) in [4.78, 5) is 4.21. The van der Waals surface area contributed by atoms with Gasteiger partial charge in [-0.2, -0.15) is 0 Å². The lowest BCUT2D eigenvalue weighted by atomic mass is 10.3. The van der Waals surface area contributed by atoms with Crippen LogP contribution in [0.25, 0.3) is 5.65 Å². The molecule has 3 aromatic rings. The molecular formula is C16H21IN6O. The number of nitrogens with one attached hydrogen (secondary N) is 2. The van der Waals surface area contributed by atoms with E-state index in [0.717, 1.165) is 49.1 Å². The van der Waals surface area contributed by atoms with E-state index in [1.165, 1.54) is 0 Å². The standard InChI is InChI=1S/C16H20N6O.HI/c1-17-16(18-9-7-13-5-4-12-23-13)19-10-8-15-21-20-14-6-2-3-11-22(14)15;/h2-6,11-12H,7-10H2,1H3,(H2,17,18,19);1H. The van der Waals surface area contributed by atoms with Gasteiger partial charge in [0, 0.05) is 39.2 Å². The second-order valence-electron chi connectivity index (χ2n) is 5.05. The fraction of sp³-hybridized carbons (Fsp3) is 0.312. The molecule has 0 aliphatic heterocycles. The van der Waals surface area contributed by atoms with E-state index >= 15 is 0 Å². The van der Waals surface area contributed by atoms with Crippen molar-refractivity contribution in [2.45, 2.75) is 12.8 Å². The highest BCUT2D eigenvalue weighted by atomic mass is 127. The first-order chi connectivity index (χ1) is 11.4. The van der Waals surface area contributed by atoms with Crippen LogP contribution in [0.2, 0.25) is 0 Å². The van der Waals surface area contributed by atoms with Gasteiger partial charge in [-0.3, -0.25) is 9.39 Å². The molecule has 0 aromatic carbocycles. The average molecular weight is 440 g/mol. The molecule has 3 rings (SSSR count). The van der Waals surface area contributed by atoms with Crippen molar-refractivity contribution in [3.63, 3.8) is 0 Å². The number of pyridine rings is 1. The minimum atomic E-state index is 0. The number of nitrogens with zero attached hydrogens (tertiary/aromatic N) is 4. The van der Waals surface area contributed by atoms with Gasteiger partial charge in [0.25, 0.3) is 0 Å². The Balaban J connectivity index is 0.00000208. The Morgan fingerprint density at radius 2 is 1.96 bits per heavy atom. The fourth-order valence-corrected chi connectivity index (χ4v) is 2.33. The van der Waals surface area contributed by atoms with Gasteiger partial charge in [-0.05, 0) is 24.3 Å². The second kappa shape index (κ2) is 9.26. The van der Waals surface area contributed by atoms with Crippen LogP contribution in [0.1, 0.15) is 11.6 Å².